The third-order valence-electron chi connectivity index (χ3n) is 5.00. The van der Waals surface area contributed by atoms with Gasteiger partial charge in [-0.15, -0.1) is 10.2 Å². The Morgan fingerprint density at radius 3 is 2.53 bits per heavy atom. The molecule has 1 aromatic heterocycles. The van der Waals surface area contributed by atoms with Crippen LogP contribution >= 0.6 is 11.8 Å². The standard InChI is InChI=1S/C23H26FN5O2S/c1-5-16-8-6-7-9-19(16)25-20(30)14-28(3)22(31)15(2)32-23-27-26-21(29(23)4)17-10-12-18(24)13-11-17/h6-13,15H,5,14H2,1-4H3,(H,25,30). The first-order chi connectivity index (χ1) is 15.3. The van der Waals surface area contributed by atoms with Gasteiger partial charge in [0.1, 0.15) is 5.82 Å². The number of nitrogens with zero attached hydrogens (tertiary/aromatic N) is 4. The van der Waals surface area contributed by atoms with E-state index >= 15 is 0 Å². The van der Waals surface area contributed by atoms with Crippen molar-refractivity contribution in [3.63, 3.8) is 0 Å². The van der Waals surface area contributed by atoms with Gasteiger partial charge in [0.15, 0.2) is 11.0 Å². The van der Waals surface area contributed by atoms with Crippen LogP contribution < -0.4 is 5.32 Å². The van der Waals surface area contributed by atoms with Crippen molar-refractivity contribution in [2.24, 2.45) is 7.05 Å². The van der Waals surface area contributed by atoms with Crippen LogP contribution in [0.2, 0.25) is 0 Å². The summed E-state index contributed by atoms with van der Waals surface area (Å²) >= 11 is 1.25. The van der Waals surface area contributed by atoms with E-state index in [4.69, 9.17) is 0 Å². The van der Waals surface area contributed by atoms with E-state index in [1.807, 2.05) is 31.2 Å². The van der Waals surface area contributed by atoms with Crippen LogP contribution in [0, 0.1) is 5.82 Å². The van der Waals surface area contributed by atoms with E-state index in [0.717, 1.165) is 23.2 Å². The topological polar surface area (TPSA) is 80.1 Å². The van der Waals surface area contributed by atoms with Gasteiger partial charge >= 0.3 is 0 Å². The average molecular weight is 456 g/mol. The van der Waals surface area contributed by atoms with Crippen LogP contribution in [0.25, 0.3) is 11.4 Å². The van der Waals surface area contributed by atoms with E-state index in [-0.39, 0.29) is 24.2 Å². The summed E-state index contributed by atoms with van der Waals surface area (Å²) in [6, 6.07) is 13.6. The minimum atomic E-state index is -0.473. The molecule has 0 bridgehead atoms. The quantitative estimate of drug-likeness (QED) is 0.523. The molecule has 168 valence electrons. The fourth-order valence-electron chi connectivity index (χ4n) is 3.22. The second-order valence-electron chi connectivity index (χ2n) is 7.39. The van der Waals surface area contributed by atoms with E-state index in [9.17, 15) is 14.0 Å². The Morgan fingerprint density at radius 2 is 1.84 bits per heavy atom. The summed E-state index contributed by atoms with van der Waals surface area (Å²) < 4.78 is 14.9. The normalized spacial score (nSPS) is 11.8. The number of hydrogen-bond donors (Lipinski definition) is 1. The molecule has 0 fully saturated rings. The van der Waals surface area contributed by atoms with Crippen molar-refractivity contribution in [1.82, 2.24) is 19.7 Å². The van der Waals surface area contributed by atoms with Gasteiger partial charge in [0, 0.05) is 25.3 Å². The zero-order chi connectivity index (χ0) is 23.3. The van der Waals surface area contributed by atoms with E-state index in [1.54, 1.807) is 37.7 Å². The molecule has 3 aromatic rings. The molecule has 7 nitrogen and oxygen atoms in total. The van der Waals surface area contributed by atoms with Crippen LogP contribution in [0.15, 0.2) is 53.7 Å². The Bertz CT molecular complexity index is 1100. The van der Waals surface area contributed by atoms with Gasteiger partial charge in [0.05, 0.1) is 11.8 Å². The monoisotopic (exact) mass is 455 g/mol. The molecule has 1 atom stereocenters. The van der Waals surface area contributed by atoms with Crippen molar-refractivity contribution in [3.05, 3.63) is 59.9 Å². The number of aromatic nitrogens is 3. The fourth-order valence-corrected chi connectivity index (χ4v) is 4.15. The highest BCUT2D eigenvalue weighted by Gasteiger charge is 2.23. The lowest BCUT2D eigenvalue weighted by Crippen LogP contribution is -2.39. The van der Waals surface area contributed by atoms with Gasteiger partial charge in [-0.05, 0) is 49.2 Å². The lowest BCUT2D eigenvalue weighted by molar-refractivity contribution is -0.132. The zero-order valence-corrected chi connectivity index (χ0v) is 19.3. The highest BCUT2D eigenvalue weighted by Crippen LogP contribution is 2.26. The van der Waals surface area contributed by atoms with Gasteiger partial charge in [-0.3, -0.25) is 9.59 Å². The molecule has 2 aromatic carbocycles. The lowest BCUT2D eigenvalue weighted by atomic mass is 10.1. The van der Waals surface area contributed by atoms with Crippen molar-refractivity contribution >= 4 is 29.3 Å². The number of carbonyl (C=O) groups is 2. The molecule has 0 saturated carbocycles. The maximum atomic E-state index is 13.2. The van der Waals surface area contributed by atoms with Crippen molar-refractivity contribution in [1.29, 1.82) is 0 Å². The summed E-state index contributed by atoms with van der Waals surface area (Å²) in [7, 11) is 3.39. The van der Waals surface area contributed by atoms with Crippen LogP contribution in [-0.2, 0) is 23.1 Å². The highest BCUT2D eigenvalue weighted by atomic mass is 32.2. The molecular formula is C23H26FN5O2S. The molecule has 3 rings (SSSR count). The van der Waals surface area contributed by atoms with Crippen LogP contribution in [0.3, 0.4) is 0 Å². The van der Waals surface area contributed by atoms with Crippen molar-refractivity contribution in [2.75, 3.05) is 18.9 Å². The molecule has 0 saturated heterocycles. The van der Waals surface area contributed by atoms with Gasteiger partial charge in [-0.25, -0.2) is 4.39 Å². The third-order valence-corrected chi connectivity index (χ3v) is 6.12. The van der Waals surface area contributed by atoms with Gasteiger partial charge in [0.2, 0.25) is 11.8 Å². The predicted octanol–water partition coefficient (Wildman–Crippen LogP) is 3.76. The lowest BCUT2D eigenvalue weighted by Gasteiger charge is -2.21. The number of likely N-dealkylation sites (N-methyl/N-ethyl adjacent to an activating group) is 1. The number of para-hydroxylation sites is 1. The maximum Gasteiger partial charge on any atom is 0.243 e. The molecule has 1 heterocycles. The zero-order valence-electron chi connectivity index (χ0n) is 18.5. The number of hydrogen-bond acceptors (Lipinski definition) is 5. The molecule has 0 aliphatic heterocycles. The summed E-state index contributed by atoms with van der Waals surface area (Å²) in [5.74, 6) is -0.194. The molecule has 0 radical (unpaired) electrons. The largest absolute Gasteiger partial charge is 0.335 e. The maximum absolute atomic E-state index is 13.2. The number of halogens is 1. The molecule has 0 spiro atoms. The summed E-state index contributed by atoms with van der Waals surface area (Å²) in [6.45, 7) is 3.73. The summed E-state index contributed by atoms with van der Waals surface area (Å²) in [6.07, 6.45) is 0.802. The minimum Gasteiger partial charge on any atom is -0.335 e. The smallest absolute Gasteiger partial charge is 0.243 e. The Hall–Kier alpha value is -3.20. The SMILES string of the molecule is CCc1ccccc1NC(=O)CN(C)C(=O)C(C)Sc1nnc(-c2ccc(F)cc2)n1C. The summed E-state index contributed by atoms with van der Waals surface area (Å²) in [5.41, 5.74) is 2.53. The van der Waals surface area contributed by atoms with Crippen LogP contribution in [0.5, 0.6) is 0 Å². The first kappa shape index (κ1) is 23.5. The molecule has 9 heteroatoms. The molecule has 0 aliphatic carbocycles. The fraction of sp³-hybridized carbons (Fsp3) is 0.304. The molecular weight excluding hydrogens is 429 g/mol. The molecule has 1 N–H and O–H groups in total. The summed E-state index contributed by atoms with van der Waals surface area (Å²) in [4.78, 5) is 26.7. The van der Waals surface area contributed by atoms with E-state index < -0.39 is 5.25 Å². The van der Waals surface area contributed by atoms with Gasteiger partial charge in [0.25, 0.3) is 0 Å². The third kappa shape index (κ3) is 5.53. The van der Waals surface area contributed by atoms with Crippen LogP contribution in [-0.4, -0.2) is 50.3 Å². The number of amides is 2. The second kappa shape index (κ2) is 10.4. The Labute approximate surface area is 191 Å². The van der Waals surface area contributed by atoms with Gasteiger partial charge in [-0.2, -0.15) is 0 Å². The number of benzene rings is 2. The molecule has 1 unspecified atom stereocenters. The minimum absolute atomic E-state index is 0.0541. The van der Waals surface area contributed by atoms with Crippen LogP contribution in [0.1, 0.15) is 19.4 Å². The number of thioether (sulfide) groups is 1. The van der Waals surface area contributed by atoms with Gasteiger partial charge < -0.3 is 14.8 Å². The predicted molar refractivity (Wildman–Crippen MR) is 124 cm³/mol. The Kier molecular flexibility index (Phi) is 7.63. The number of aryl methyl sites for hydroxylation is 1. The highest BCUT2D eigenvalue weighted by molar-refractivity contribution is 8.00. The van der Waals surface area contributed by atoms with Crippen molar-refractivity contribution in [2.45, 2.75) is 30.7 Å². The molecule has 32 heavy (non-hydrogen) atoms. The van der Waals surface area contributed by atoms with E-state index in [0.29, 0.717) is 11.0 Å². The van der Waals surface area contributed by atoms with Crippen LogP contribution in [0.4, 0.5) is 10.1 Å². The number of anilines is 1. The molecule has 2 amide bonds. The van der Waals surface area contributed by atoms with E-state index in [1.165, 1.54) is 28.8 Å². The number of nitrogens with one attached hydrogen (secondary N) is 1. The number of carbonyl (C=O) groups excluding carboxylic acids is 2. The van der Waals surface area contributed by atoms with Crippen molar-refractivity contribution < 1.29 is 14.0 Å². The van der Waals surface area contributed by atoms with E-state index in [2.05, 4.69) is 15.5 Å². The van der Waals surface area contributed by atoms with Crippen molar-refractivity contribution in [3.8, 4) is 11.4 Å². The Balaban J connectivity index is 1.60. The Morgan fingerprint density at radius 1 is 1.16 bits per heavy atom. The van der Waals surface area contributed by atoms with Gasteiger partial charge in [-0.1, -0.05) is 36.9 Å². The first-order valence-corrected chi connectivity index (χ1v) is 11.1. The first-order valence-electron chi connectivity index (χ1n) is 10.2. The molecule has 0 aliphatic rings. The average Bonchev–Trinajstić information content (AvgIpc) is 3.14. The summed E-state index contributed by atoms with van der Waals surface area (Å²) in [5, 5.41) is 11.3. The second-order valence-corrected chi connectivity index (χ2v) is 8.69. The number of rotatable bonds is 8.